The lowest BCUT2D eigenvalue weighted by Gasteiger charge is -2.33. The van der Waals surface area contributed by atoms with Gasteiger partial charge in [0.05, 0.1) is 29.4 Å². The number of hydrogen-bond donors (Lipinski definition) is 1. The van der Waals surface area contributed by atoms with Crippen LogP contribution in [0.25, 0.3) is 0 Å². The molecule has 1 aliphatic carbocycles. The van der Waals surface area contributed by atoms with Gasteiger partial charge in [-0.05, 0) is 48.8 Å². The van der Waals surface area contributed by atoms with Crippen molar-refractivity contribution in [2.45, 2.75) is 56.7 Å². The summed E-state index contributed by atoms with van der Waals surface area (Å²) in [6.45, 7) is 0.160. The number of amides is 2. The maximum Gasteiger partial charge on any atom is 0.257 e. The molecule has 8 heteroatoms. The van der Waals surface area contributed by atoms with E-state index in [9.17, 15) is 9.59 Å². The molecular formula is C22H26N4O3S. The SMILES string of the molecule is NC(=O)[C@@H]1C[C@@H]2CCCC[C@@H]2N1CC(=O)N1N=C(c2cccs2)C[C@@H]1c1ccco1. The lowest BCUT2D eigenvalue weighted by atomic mass is 9.84. The molecule has 2 fully saturated rings. The van der Waals surface area contributed by atoms with E-state index in [2.05, 4.69) is 0 Å². The van der Waals surface area contributed by atoms with Crippen LogP contribution in [0.4, 0.5) is 0 Å². The second-order valence-corrected chi connectivity index (χ2v) is 9.38. The van der Waals surface area contributed by atoms with Gasteiger partial charge in [0.25, 0.3) is 5.91 Å². The first-order valence-electron chi connectivity index (χ1n) is 10.6. The monoisotopic (exact) mass is 426 g/mol. The number of nitrogens with zero attached hydrogens (tertiary/aromatic N) is 3. The highest BCUT2D eigenvalue weighted by Gasteiger charge is 2.46. The third-order valence-electron chi connectivity index (χ3n) is 6.71. The van der Waals surface area contributed by atoms with E-state index >= 15 is 0 Å². The Morgan fingerprint density at radius 3 is 2.83 bits per heavy atom. The van der Waals surface area contributed by atoms with E-state index in [0.717, 1.165) is 42.0 Å². The molecule has 4 heterocycles. The summed E-state index contributed by atoms with van der Waals surface area (Å²) in [6, 6.07) is 7.35. The first-order chi connectivity index (χ1) is 14.6. The number of nitrogens with two attached hydrogens (primary N) is 1. The zero-order valence-corrected chi connectivity index (χ0v) is 17.6. The van der Waals surface area contributed by atoms with Gasteiger partial charge >= 0.3 is 0 Å². The van der Waals surface area contributed by atoms with Gasteiger partial charge in [-0.2, -0.15) is 5.10 Å². The molecule has 0 radical (unpaired) electrons. The standard InChI is InChI=1S/C22H26N4O3S/c23-22(28)18-11-14-5-1-2-6-16(14)25(18)13-21(27)26-17(19-7-3-9-29-19)12-15(24-26)20-8-4-10-30-20/h3-4,7-10,14,16-18H,1-2,5-6,11-13H2,(H2,23,28)/t14-,16-,17+,18-/m0/s1. The zero-order chi connectivity index (χ0) is 20.7. The normalized spacial score (nSPS) is 29.1. The number of carbonyl (C=O) groups is 2. The summed E-state index contributed by atoms with van der Waals surface area (Å²) in [5.74, 6) is 0.736. The Morgan fingerprint density at radius 1 is 1.23 bits per heavy atom. The van der Waals surface area contributed by atoms with E-state index in [1.54, 1.807) is 22.6 Å². The first kappa shape index (κ1) is 19.5. The lowest BCUT2D eigenvalue weighted by Crippen LogP contribution is -2.49. The minimum atomic E-state index is -0.368. The molecule has 0 spiro atoms. The van der Waals surface area contributed by atoms with Crippen LogP contribution in [-0.2, 0) is 9.59 Å². The van der Waals surface area contributed by atoms with Crippen molar-refractivity contribution >= 4 is 28.9 Å². The minimum Gasteiger partial charge on any atom is -0.467 e. The fourth-order valence-corrected chi connectivity index (χ4v) is 6.04. The topological polar surface area (TPSA) is 92.1 Å². The third-order valence-corrected chi connectivity index (χ3v) is 7.63. The van der Waals surface area contributed by atoms with Gasteiger partial charge in [-0.25, -0.2) is 5.01 Å². The van der Waals surface area contributed by atoms with Gasteiger partial charge in [-0.3, -0.25) is 14.5 Å². The Labute approximate surface area is 179 Å². The molecule has 7 nitrogen and oxygen atoms in total. The van der Waals surface area contributed by atoms with Crippen molar-refractivity contribution in [3.63, 3.8) is 0 Å². The average molecular weight is 427 g/mol. The molecule has 0 bridgehead atoms. The van der Waals surface area contributed by atoms with Crippen molar-refractivity contribution < 1.29 is 14.0 Å². The Kier molecular flexibility index (Phi) is 5.20. The van der Waals surface area contributed by atoms with Crippen LogP contribution >= 0.6 is 11.3 Å². The summed E-state index contributed by atoms with van der Waals surface area (Å²) in [5.41, 5.74) is 6.61. The second-order valence-electron chi connectivity index (χ2n) is 8.44. The van der Waals surface area contributed by atoms with Gasteiger partial charge < -0.3 is 10.2 Å². The summed E-state index contributed by atoms with van der Waals surface area (Å²) in [4.78, 5) is 28.7. The van der Waals surface area contributed by atoms with Crippen molar-refractivity contribution in [3.8, 4) is 0 Å². The largest absolute Gasteiger partial charge is 0.467 e. The van der Waals surface area contributed by atoms with Crippen LogP contribution in [0.1, 0.15) is 55.2 Å². The van der Waals surface area contributed by atoms with Gasteiger partial charge in [-0.15, -0.1) is 11.3 Å². The van der Waals surface area contributed by atoms with E-state index in [1.165, 1.54) is 6.42 Å². The molecular weight excluding hydrogens is 400 g/mol. The van der Waals surface area contributed by atoms with Gasteiger partial charge in [0, 0.05) is 12.5 Å². The number of likely N-dealkylation sites (tertiary alicyclic amines) is 1. The number of rotatable bonds is 5. The van der Waals surface area contributed by atoms with E-state index in [4.69, 9.17) is 15.3 Å². The van der Waals surface area contributed by atoms with Crippen LogP contribution in [-0.4, -0.2) is 46.1 Å². The van der Waals surface area contributed by atoms with E-state index in [0.29, 0.717) is 12.3 Å². The molecule has 5 rings (SSSR count). The molecule has 0 aromatic carbocycles. The van der Waals surface area contributed by atoms with Gasteiger partial charge in [-0.1, -0.05) is 18.9 Å². The molecule has 2 aliphatic heterocycles. The number of furan rings is 1. The molecule has 0 unspecified atom stereocenters. The summed E-state index contributed by atoms with van der Waals surface area (Å²) >= 11 is 1.61. The molecule has 3 aliphatic rings. The van der Waals surface area contributed by atoms with Crippen LogP contribution in [0.15, 0.2) is 45.4 Å². The number of hydrazone groups is 1. The van der Waals surface area contributed by atoms with Crippen LogP contribution in [0.2, 0.25) is 0 Å². The van der Waals surface area contributed by atoms with E-state index < -0.39 is 0 Å². The zero-order valence-electron chi connectivity index (χ0n) is 16.8. The third kappa shape index (κ3) is 3.48. The van der Waals surface area contributed by atoms with Crippen LogP contribution in [0.3, 0.4) is 0 Å². The molecule has 2 N–H and O–H groups in total. The summed E-state index contributed by atoms with van der Waals surface area (Å²) < 4.78 is 5.63. The number of hydrogen-bond acceptors (Lipinski definition) is 6. The summed E-state index contributed by atoms with van der Waals surface area (Å²) in [5, 5.41) is 8.26. The smallest absolute Gasteiger partial charge is 0.257 e. The van der Waals surface area contributed by atoms with Gasteiger partial charge in [0.15, 0.2) is 0 Å². The average Bonchev–Trinajstić information content (AvgIpc) is 3.53. The quantitative estimate of drug-likeness (QED) is 0.795. The van der Waals surface area contributed by atoms with Crippen molar-refractivity contribution in [1.29, 1.82) is 0 Å². The van der Waals surface area contributed by atoms with Crippen molar-refractivity contribution in [3.05, 3.63) is 46.5 Å². The second kappa shape index (κ2) is 8.00. The molecule has 4 atom stereocenters. The first-order valence-corrected chi connectivity index (χ1v) is 11.5. The van der Waals surface area contributed by atoms with Crippen LogP contribution < -0.4 is 5.73 Å². The van der Waals surface area contributed by atoms with Crippen molar-refractivity contribution in [2.24, 2.45) is 16.8 Å². The highest BCUT2D eigenvalue weighted by Crippen LogP contribution is 2.40. The number of thiophene rings is 1. The molecule has 2 amide bonds. The predicted octanol–water partition coefficient (Wildman–Crippen LogP) is 3.14. The van der Waals surface area contributed by atoms with E-state index in [1.807, 2.05) is 34.5 Å². The van der Waals surface area contributed by atoms with E-state index in [-0.39, 0.29) is 36.5 Å². The molecule has 1 saturated heterocycles. The Hall–Kier alpha value is -2.45. The predicted molar refractivity (Wildman–Crippen MR) is 114 cm³/mol. The van der Waals surface area contributed by atoms with Crippen LogP contribution in [0.5, 0.6) is 0 Å². The lowest BCUT2D eigenvalue weighted by molar-refractivity contribution is -0.136. The van der Waals surface area contributed by atoms with Crippen molar-refractivity contribution in [1.82, 2.24) is 9.91 Å². The fraction of sp³-hybridized carbons (Fsp3) is 0.500. The Morgan fingerprint density at radius 2 is 2.10 bits per heavy atom. The van der Waals surface area contributed by atoms with Crippen LogP contribution in [0, 0.1) is 5.92 Å². The van der Waals surface area contributed by atoms with Gasteiger partial charge in [0.1, 0.15) is 11.8 Å². The van der Waals surface area contributed by atoms with Gasteiger partial charge in [0.2, 0.25) is 5.91 Å². The van der Waals surface area contributed by atoms with Crippen molar-refractivity contribution in [2.75, 3.05) is 6.54 Å². The highest BCUT2D eigenvalue weighted by molar-refractivity contribution is 7.12. The fourth-order valence-electron chi connectivity index (χ4n) is 5.32. The number of fused-ring (bicyclic) bond motifs is 1. The molecule has 2 aromatic heterocycles. The Bertz CT molecular complexity index is 940. The Balaban J connectivity index is 1.40. The maximum atomic E-state index is 13.5. The summed E-state index contributed by atoms with van der Waals surface area (Å²) in [6.07, 6.45) is 7.46. The molecule has 1 saturated carbocycles. The summed E-state index contributed by atoms with van der Waals surface area (Å²) in [7, 11) is 0. The molecule has 30 heavy (non-hydrogen) atoms. The number of carbonyl (C=O) groups excluding carboxylic acids is 2. The highest BCUT2D eigenvalue weighted by atomic mass is 32.1. The maximum absolute atomic E-state index is 13.5. The molecule has 2 aromatic rings. The number of primary amides is 1. The molecule has 158 valence electrons. The minimum absolute atomic E-state index is 0.111.